The third-order valence-electron chi connectivity index (χ3n) is 6.19. The van der Waals surface area contributed by atoms with Crippen LogP contribution in [0.15, 0.2) is 118 Å². The average Bonchev–Trinajstić information content (AvgIpc) is 3.42. The number of aryl methyl sites for hydroxylation is 1. The zero-order valence-electron chi connectivity index (χ0n) is 18.9. The second kappa shape index (κ2) is 9.68. The van der Waals surface area contributed by atoms with Crippen molar-refractivity contribution < 1.29 is 4.79 Å². The van der Waals surface area contributed by atoms with E-state index in [1.807, 2.05) is 42.5 Å². The predicted molar refractivity (Wildman–Crippen MR) is 138 cm³/mol. The molecule has 0 aromatic heterocycles. The van der Waals surface area contributed by atoms with Gasteiger partial charge in [-0.15, -0.1) is 0 Å². The Morgan fingerprint density at radius 3 is 1.70 bits per heavy atom. The van der Waals surface area contributed by atoms with Crippen molar-refractivity contribution in [1.82, 2.24) is 0 Å². The molecule has 0 amide bonds. The summed E-state index contributed by atoms with van der Waals surface area (Å²) in [4.78, 5) is 19.1. The fourth-order valence-corrected chi connectivity index (χ4v) is 6.39. The van der Waals surface area contributed by atoms with Crippen LogP contribution < -0.4 is 4.90 Å². The van der Waals surface area contributed by atoms with Gasteiger partial charge in [0.15, 0.2) is 20.5 Å². The van der Waals surface area contributed by atoms with Gasteiger partial charge >= 0.3 is 0 Å². The first-order chi connectivity index (χ1) is 16.2. The van der Waals surface area contributed by atoms with Crippen LogP contribution in [0.5, 0.6) is 0 Å². The van der Waals surface area contributed by atoms with E-state index in [0.29, 0.717) is 0 Å². The molecule has 1 saturated heterocycles. The number of benzene rings is 4. The predicted octanol–water partition coefficient (Wildman–Crippen LogP) is 6.92. The molecule has 0 spiro atoms. The van der Waals surface area contributed by atoms with Crippen molar-refractivity contribution in [2.24, 2.45) is 0 Å². The van der Waals surface area contributed by atoms with E-state index in [9.17, 15) is 4.79 Å². The van der Waals surface area contributed by atoms with Gasteiger partial charge in [0.25, 0.3) is 0 Å². The van der Waals surface area contributed by atoms with E-state index in [4.69, 9.17) is 0 Å². The molecule has 33 heavy (non-hydrogen) atoms. The van der Waals surface area contributed by atoms with Crippen LogP contribution >= 0.6 is 0 Å². The summed E-state index contributed by atoms with van der Waals surface area (Å²) < 4.78 is 0. The Morgan fingerprint density at radius 1 is 0.636 bits per heavy atom. The summed E-state index contributed by atoms with van der Waals surface area (Å²) in [6.07, 6.45) is 2.56. The number of nitrogens with zero attached hydrogens (tertiary/aromatic N) is 1. The number of rotatable bonds is 6. The molecule has 164 valence electrons. The van der Waals surface area contributed by atoms with E-state index in [-0.39, 0.29) is 16.7 Å². The molecule has 4 aromatic carbocycles. The van der Waals surface area contributed by atoms with Gasteiger partial charge in [-0.3, -0.25) is 4.79 Å². The lowest BCUT2D eigenvalue weighted by molar-refractivity contribution is 0.103. The van der Waals surface area contributed by atoms with Gasteiger partial charge < -0.3 is 4.90 Å². The first-order valence-electron chi connectivity index (χ1n) is 11.5. The second-order valence-electron chi connectivity index (χ2n) is 8.53. The van der Waals surface area contributed by atoms with E-state index >= 15 is 0 Å². The summed E-state index contributed by atoms with van der Waals surface area (Å²) in [6.45, 7) is 4.43. The van der Waals surface area contributed by atoms with Gasteiger partial charge in [0.1, 0.15) is 0 Å². The molecule has 4 aromatic rings. The fourth-order valence-electron chi connectivity index (χ4n) is 4.35. The second-order valence-corrected chi connectivity index (χ2v) is 10.6. The van der Waals surface area contributed by atoms with Crippen LogP contribution in [-0.2, 0) is 10.9 Å². The highest BCUT2D eigenvalue weighted by molar-refractivity contribution is 7.97. The number of ketones is 1. The molecule has 0 radical (unpaired) electrons. The lowest BCUT2D eigenvalue weighted by Crippen LogP contribution is -2.17. The van der Waals surface area contributed by atoms with Crippen molar-refractivity contribution in [2.75, 3.05) is 18.0 Å². The number of hydrogen-bond donors (Lipinski definition) is 0. The monoisotopic (exact) mass is 450 g/mol. The Balaban J connectivity index is 1.48. The van der Waals surface area contributed by atoms with Crippen LogP contribution in [0.1, 0.15) is 34.3 Å². The smallest absolute Gasteiger partial charge is 0.193 e. The van der Waals surface area contributed by atoms with Gasteiger partial charge in [0.05, 0.1) is 10.9 Å². The number of carbonyl (C=O) groups excluding carboxylic acids is 1. The summed E-state index contributed by atoms with van der Waals surface area (Å²) in [6, 6.07) is 35.6. The number of anilines is 1. The molecule has 1 unspecified atom stereocenters. The molecule has 1 aliphatic heterocycles. The highest BCUT2D eigenvalue weighted by Gasteiger charge is 2.29. The van der Waals surface area contributed by atoms with Crippen molar-refractivity contribution >= 4 is 22.4 Å². The van der Waals surface area contributed by atoms with Crippen molar-refractivity contribution in [2.45, 2.75) is 34.5 Å². The van der Waals surface area contributed by atoms with Gasteiger partial charge in [0.2, 0.25) is 0 Å². The molecule has 3 heteroatoms. The average molecular weight is 451 g/mol. The van der Waals surface area contributed by atoms with E-state index in [1.165, 1.54) is 38.8 Å². The molecule has 2 nitrogen and oxygen atoms in total. The lowest BCUT2D eigenvalue weighted by Gasteiger charge is -2.17. The molecule has 1 aliphatic rings. The van der Waals surface area contributed by atoms with Gasteiger partial charge in [-0.05, 0) is 80.4 Å². The minimum absolute atomic E-state index is 0.0623. The number of carbonyl (C=O) groups is 1. The molecule has 1 heterocycles. The summed E-state index contributed by atoms with van der Waals surface area (Å²) in [7, 11) is -0.228. The van der Waals surface area contributed by atoms with Crippen LogP contribution in [0.3, 0.4) is 0 Å². The summed E-state index contributed by atoms with van der Waals surface area (Å²) >= 11 is 0. The summed E-state index contributed by atoms with van der Waals surface area (Å²) in [5.41, 5.74) is 4.02. The molecular formula is C30H28NOS+. The molecule has 0 saturated carbocycles. The zero-order valence-corrected chi connectivity index (χ0v) is 19.7. The van der Waals surface area contributed by atoms with Gasteiger partial charge in [-0.25, -0.2) is 0 Å². The molecule has 5 rings (SSSR count). The third kappa shape index (κ3) is 4.74. The maximum atomic E-state index is 12.9. The highest BCUT2D eigenvalue weighted by atomic mass is 32.2. The normalized spacial score (nSPS) is 14.3. The highest BCUT2D eigenvalue weighted by Crippen LogP contribution is 2.33. The van der Waals surface area contributed by atoms with Gasteiger partial charge in [0, 0.05) is 29.9 Å². The first-order valence-corrected chi connectivity index (χ1v) is 12.8. The Kier molecular flexibility index (Phi) is 6.32. The standard InChI is InChI=1S/C30H28NOS/c1-23-9-15-27(16-10-23)33(29-19-13-26(14-20-29)31-21-5-6-22-31)28-17-11-25(12-18-28)30(32)24-7-3-2-4-8-24/h2-4,7-20H,5-6,21-22H2,1H3/q+1. The van der Waals surface area contributed by atoms with Crippen molar-refractivity contribution in [1.29, 1.82) is 0 Å². The zero-order chi connectivity index (χ0) is 22.6. The SMILES string of the molecule is Cc1ccc([S+](c2ccc(C(=O)c3ccccc3)cc2)c2ccc(N3CCCC3)cc2)cc1. The lowest BCUT2D eigenvalue weighted by atomic mass is 10.0. The summed E-state index contributed by atoms with van der Waals surface area (Å²) in [5.74, 6) is 0.0623. The van der Waals surface area contributed by atoms with Crippen molar-refractivity contribution in [3.05, 3.63) is 120 Å². The van der Waals surface area contributed by atoms with Crippen LogP contribution in [0.2, 0.25) is 0 Å². The summed E-state index contributed by atoms with van der Waals surface area (Å²) in [5, 5.41) is 0. The van der Waals surface area contributed by atoms with Crippen LogP contribution in [0.4, 0.5) is 5.69 Å². The Hall–Kier alpha value is -3.30. The molecule has 0 bridgehead atoms. The quantitative estimate of drug-likeness (QED) is 0.235. The molecule has 0 N–H and O–H groups in total. The molecule has 0 aliphatic carbocycles. The Morgan fingerprint density at radius 2 is 1.12 bits per heavy atom. The number of hydrogen-bond acceptors (Lipinski definition) is 2. The third-order valence-corrected chi connectivity index (χ3v) is 8.42. The van der Waals surface area contributed by atoms with Gasteiger partial charge in [-0.1, -0.05) is 48.0 Å². The Bertz CT molecular complexity index is 1210. The van der Waals surface area contributed by atoms with Crippen LogP contribution in [-0.4, -0.2) is 18.9 Å². The van der Waals surface area contributed by atoms with Crippen LogP contribution in [0, 0.1) is 6.92 Å². The van der Waals surface area contributed by atoms with Crippen LogP contribution in [0.25, 0.3) is 0 Å². The van der Waals surface area contributed by atoms with E-state index in [1.54, 1.807) is 0 Å². The van der Waals surface area contributed by atoms with Crippen molar-refractivity contribution in [3.8, 4) is 0 Å². The van der Waals surface area contributed by atoms with Crippen molar-refractivity contribution in [3.63, 3.8) is 0 Å². The topological polar surface area (TPSA) is 20.3 Å². The van der Waals surface area contributed by atoms with Gasteiger partial charge in [-0.2, -0.15) is 0 Å². The minimum atomic E-state index is -0.228. The maximum Gasteiger partial charge on any atom is 0.193 e. The van der Waals surface area contributed by atoms with E-state index in [0.717, 1.165) is 24.2 Å². The maximum absolute atomic E-state index is 12.9. The van der Waals surface area contributed by atoms with E-state index in [2.05, 4.69) is 72.5 Å². The molecular weight excluding hydrogens is 422 g/mol. The van der Waals surface area contributed by atoms with E-state index < -0.39 is 0 Å². The minimum Gasteiger partial charge on any atom is -0.372 e. The fraction of sp³-hybridized carbons (Fsp3) is 0.167. The first kappa shape index (κ1) is 21.5. The largest absolute Gasteiger partial charge is 0.372 e. The Labute approximate surface area is 199 Å². The molecule has 1 atom stereocenters. The molecule has 1 fully saturated rings.